The molecule has 2 N–H and O–H groups in total. The van der Waals surface area contributed by atoms with Crippen molar-refractivity contribution in [2.24, 2.45) is 17.8 Å². The predicted octanol–water partition coefficient (Wildman–Crippen LogP) is 6.84. The third kappa shape index (κ3) is 12.3. The smallest absolute Gasteiger partial charge is 0.244 e. The quantitative estimate of drug-likeness (QED) is 0.132. The molecule has 0 heterocycles. The van der Waals surface area contributed by atoms with Crippen LogP contribution in [0.1, 0.15) is 59.4 Å². The first-order chi connectivity index (χ1) is 17.6. The van der Waals surface area contributed by atoms with Crippen molar-refractivity contribution in [2.75, 3.05) is 13.7 Å². The lowest BCUT2D eigenvalue weighted by Crippen LogP contribution is -2.41. The second-order valence-corrected chi connectivity index (χ2v) is 10.2. The van der Waals surface area contributed by atoms with Gasteiger partial charge in [0, 0.05) is 18.2 Å². The molecule has 1 amide bonds. The highest BCUT2D eigenvalue weighted by atomic mass is 35.5. The van der Waals surface area contributed by atoms with Gasteiger partial charge in [-0.3, -0.25) is 4.79 Å². The average molecular weight is 529 g/mol. The number of aldehydes is 1. The summed E-state index contributed by atoms with van der Waals surface area (Å²) in [7, 11) is 1.57. The minimum Gasteiger partial charge on any atom is -0.495 e. The summed E-state index contributed by atoms with van der Waals surface area (Å²) in [4.78, 5) is 23.8. The van der Waals surface area contributed by atoms with Crippen molar-refractivity contribution >= 4 is 23.8 Å². The number of allylic oxidation sites excluding steroid dienone is 5. The van der Waals surface area contributed by atoms with E-state index in [2.05, 4.69) is 56.2 Å². The van der Waals surface area contributed by atoms with E-state index in [4.69, 9.17) is 16.3 Å². The topological polar surface area (TPSA) is 67.4 Å². The Hall–Kier alpha value is -2.79. The Kier molecular flexibility index (Phi) is 15.4. The first-order valence-electron chi connectivity index (χ1n) is 13.1. The van der Waals surface area contributed by atoms with E-state index < -0.39 is 0 Å². The maximum atomic E-state index is 12.8. The molecule has 0 aliphatic heterocycles. The normalized spacial score (nSPS) is 15.3. The van der Waals surface area contributed by atoms with E-state index in [0.29, 0.717) is 41.3 Å². The molecule has 0 aliphatic carbocycles. The van der Waals surface area contributed by atoms with Crippen LogP contribution in [0.2, 0.25) is 5.02 Å². The molecule has 1 rings (SSSR count). The number of nitrogens with one attached hydrogen (secondary N) is 2. The Morgan fingerprint density at radius 3 is 2.49 bits per heavy atom. The van der Waals surface area contributed by atoms with Crippen LogP contribution >= 0.6 is 11.6 Å². The fourth-order valence-electron chi connectivity index (χ4n) is 3.92. The van der Waals surface area contributed by atoms with Gasteiger partial charge in [0.25, 0.3) is 0 Å². The Morgan fingerprint density at radius 2 is 1.89 bits per heavy atom. The zero-order valence-electron chi connectivity index (χ0n) is 23.4. The van der Waals surface area contributed by atoms with E-state index >= 15 is 0 Å². The van der Waals surface area contributed by atoms with Gasteiger partial charge in [-0.2, -0.15) is 0 Å². The van der Waals surface area contributed by atoms with E-state index in [9.17, 15) is 9.59 Å². The number of benzene rings is 1. The van der Waals surface area contributed by atoms with Crippen LogP contribution in [0.3, 0.4) is 0 Å². The van der Waals surface area contributed by atoms with Gasteiger partial charge in [-0.05, 0) is 75.1 Å². The highest BCUT2D eigenvalue weighted by Gasteiger charge is 2.17. The summed E-state index contributed by atoms with van der Waals surface area (Å²) in [5.41, 5.74) is 2.94. The van der Waals surface area contributed by atoms with Crippen molar-refractivity contribution in [1.29, 1.82) is 0 Å². The number of methoxy groups -OCH3 is 1. The van der Waals surface area contributed by atoms with Gasteiger partial charge in [-0.1, -0.05) is 74.9 Å². The summed E-state index contributed by atoms with van der Waals surface area (Å²) in [5.74, 6) is 1.37. The summed E-state index contributed by atoms with van der Waals surface area (Å²) in [6.45, 7) is 15.1. The van der Waals surface area contributed by atoms with Gasteiger partial charge in [0.1, 0.15) is 12.0 Å². The van der Waals surface area contributed by atoms with Gasteiger partial charge in [-0.25, -0.2) is 0 Å². The second-order valence-electron chi connectivity index (χ2n) is 9.76. The predicted molar refractivity (Wildman–Crippen MR) is 156 cm³/mol. The maximum Gasteiger partial charge on any atom is 0.244 e. The van der Waals surface area contributed by atoms with Crippen LogP contribution in [-0.2, 0) is 16.0 Å². The van der Waals surface area contributed by atoms with Gasteiger partial charge in [0.2, 0.25) is 5.91 Å². The Morgan fingerprint density at radius 1 is 1.16 bits per heavy atom. The second kappa shape index (κ2) is 17.6. The molecule has 0 radical (unpaired) electrons. The molecule has 1 aromatic carbocycles. The standard InChI is InChI=1S/C31H45ClN2O3/c1-8-12-26(9-2)17-24(5)23(4)13-10-11-14-31(36)34-29(25(6)33-20-22(3)21-35)19-27-15-16-30(37-7)28(32)18-27/h8-9,11-12,14-16,18,21-24,29,33H,6,10,13,17,19-20H2,1-5,7H3,(H,34,36)/b12-8-,14-11+,26-9+/t22-,23?,24?,29-/m1/s1. The largest absolute Gasteiger partial charge is 0.495 e. The zero-order valence-corrected chi connectivity index (χ0v) is 24.1. The molecule has 0 aromatic heterocycles. The number of rotatable bonds is 17. The molecule has 0 fully saturated rings. The summed E-state index contributed by atoms with van der Waals surface area (Å²) >= 11 is 6.30. The number of halogens is 1. The Balaban J connectivity index is 2.76. The first kappa shape index (κ1) is 32.2. The van der Waals surface area contributed by atoms with E-state index in [1.807, 2.05) is 32.1 Å². The molecule has 0 saturated heterocycles. The number of hydrogen-bond donors (Lipinski definition) is 2. The molecule has 6 heteroatoms. The summed E-state index contributed by atoms with van der Waals surface area (Å²) < 4.78 is 5.24. The Labute approximate surface area is 229 Å². The third-order valence-corrected chi connectivity index (χ3v) is 6.91. The molecule has 0 bridgehead atoms. The Bertz CT molecular complexity index is 967. The summed E-state index contributed by atoms with van der Waals surface area (Å²) in [5, 5.41) is 6.74. The van der Waals surface area contributed by atoms with Crippen LogP contribution in [0, 0.1) is 17.8 Å². The van der Waals surface area contributed by atoms with E-state index in [1.54, 1.807) is 19.3 Å². The fraction of sp³-hybridized carbons (Fsp3) is 0.484. The highest BCUT2D eigenvalue weighted by molar-refractivity contribution is 6.32. The van der Waals surface area contributed by atoms with E-state index in [0.717, 1.165) is 31.1 Å². The molecule has 4 atom stereocenters. The molecule has 2 unspecified atom stereocenters. The lowest BCUT2D eigenvalue weighted by Gasteiger charge is -2.23. The average Bonchev–Trinajstić information content (AvgIpc) is 2.88. The fourth-order valence-corrected chi connectivity index (χ4v) is 4.20. The highest BCUT2D eigenvalue weighted by Crippen LogP contribution is 2.26. The number of carbonyl (C=O) groups is 2. The van der Waals surface area contributed by atoms with Gasteiger partial charge in [-0.15, -0.1) is 0 Å². The molecule has 204 valence electrons. The van der Waals surface area contributed by atoms with Crippen LogP contribution in [-0.4, -0.2) is 31.9 Å². The minimum atomic E-state index is -0.370. The molecule has 0 aliphatic rings. The molecule has 37 heavy (non-hydrogen) atoms. The number of hydrogen-bond acceptors (Lipinski definition) is 4. The number of amides is 1. The zero-order chi connectivity index (χ0) is 27.8. The monoisotopic (exact) mass is 528 g/mol. The van der Waals surface area contributed by atoms with Crippen molar-refractivity contribution in [2.45, 2.75) is 66.3 Å². The van der Waals surface area contributed by atoms with Crippen LogP contribution in [0.4, 0.5) is 0 Å². The first-order valence-corrected chi connectivity index (χ1v) is 13.5. The summed E-state index contributed by atoms with van der Waals surface area (Å²) in [6, 6.07) is 5.18. The molecule has 5 nitrogen and oxygen atoms in total. The van der Waals surface area contributed by atoms with Crippen molar-refractivity contribution in [3.8, 4) is 5.75 Å². The van der Waals surface area contributed by atoms with Crippen LogP contribution in [0.5, 0.6) is 5.75 Å². The van der Waals surface area contributed by atoms with E-state index in [-0.39, 0.29) is 17.9 Å². The van der Waals surface area contributed by atoms with Crippen LogP contribution < -0.4 is 15.4 Å². The van der Waals surface area contributed by atoms with Gasteiger partial charge < -0.3 is 20.2 Å². The molecule has 1 aromatic rings. The minimum absolute atomic E-state index is 0.158. The van der Waals surface area contributed by atoms with Gasteiger partial charge in [0.05, 0.1) is 18.2 Å². The molecular formula is C31H45ClN2O3. The molecular weight excluding hydrogens is 484 g/mol. The number of ether oxygens (including phenoxy) is 1. The lowest BCUT2D eigenvalue weighted by atomic mass is 9.86. The van der Waals surface area contributed by atoms with Crippen molar-refractivity contribution < 1.29 is 14.3 Å². The lowest BCUT2D eigenvalue weighted by molar-refractivity contribution is -0.117. The molecule has 0 saturated carbocycles. The molecule has 0 spiro atoms. The van der Waals surface area contributed by atoms with Gasteiger partial charge >= 0.3 is 0 Å². The van der Waals surface area contributed by atoms with Crippen LogP contribution in [0.15, 0.2) is 66.4 Å². The van der Waals surface area contributed by atoms with Crippen molar-refractivity contribution in [1.82, 2.24) is 10.6 Å². The SMILES string of the molecule is C=C(NC[C@@H](C)C=O)[C@@H](Cc1ccc(OC)c(Cl)c1)NC(=O)/C=C/CCC(C)C(C)CC(/C=C\C)=C/C. The van der Waals surface area contributed by atoms with Gasteiger partial charge in [0.15, 0.2) is 0 Å². The van der Waals surface area contributed by atoms with Crippen LogP contribution in [0.25, 0.3) is 0 Å². The number of carbonyl (C=O) groups excluding carboxylic acids is 2. The van der Waals surface area contributed by atoms with Crippen molar-refractivity contribution in [3.05, 3.63) is 77.0 Å². The van der Waals surface area contributed by atoms with E-state index in [1.165, 1.54) is 5.57 Å². The summed E-state index contributed by atoms with van der Waals surface area (Å²) in [6.07, 6.45) is 14.3. The third-order valence-electron chi connectivity index (χ3n) is 6.62. The van der Waals surface area contributed by atoms with Crippen molar-refractivity contribution in [3.63, 3.8) is 0 Å². The maximum absolute atomic E-state index is 12.8.